The molecule has 1 aliphatic rings. The van der Waals surface area contributed by atoms with Crippen LogP contribution in [0, 0.1) is 17.2 Å². The Kier molecular flexibility index (Phi) is 1.84. The molecule has 4 rings (SSSR count). The van der Waals surface area contributed by atoms with Crippen LogP contribution < -0.4 is 0 Å². The van der Waals surface area contributed by atoms with E-state index in [4.69, 9.17) is 12.3 Å². The third-order valence-corrected chi connectivity index (χ3v) is 3.62. The van der Waals surface area contributed by atoms with Crippen LogP contribution >= 0.6 is 0 Å². The largest absolute Gasteiger partial charge is 0.346 e. The molecule has 0 unspecified atom stereocenters. The molecular weight excluding hydrogens is 288 g/mol. The smallest absolute Gasteiger partial charge is 0.141 e. The molecule has 0 spiro atoms. The molecule has 0 aliphatic heterocycles. The van der Waals surface area contributed by atoms with Crippen molar-refractivity contribution in [1.29, 1.82) is 5.26 Å². The van der Waals surface area contributed by atoms with Gasteiger partial charge in [0.1, 0.15) is 12.0 Å². The number of nitriles is 1. The van der Waals surface area contributed by atoms with Gasteiger partial charge in [-0.05, 0) is 24.7 Å². The Labute approximate surface area is 146 Å². The summed E-state index contributed by atoms with van der Waals surface area (Å²) in [6.07, 6.45) is -8.20. The molecule has 0 saturated heterocycles. The third kappa shape index (κ3) is 2.48. The number of fused-ring (bicyclic) bond motifs is 1. The molecule has 1 fully saturated rings. The fraction of sp³-hybridized carbons (Fsp3) is 0.412. The predicted molar refractivity (Wildman–Crippen MR) is 86.3 cm³/mol. The molecule has 3 aromatic heterocycles. The van der Waals surface area contributed by atoms with Gasteiger partial charge in [-0.15, -0.1) is 0 Å². The fourth-order valence-electron chi connectivity index (χ4n) is 2.54. The molecule has 6 nitrogen and oxygen atoms in total. The van der Waals surface area contributed by atoms with E-state index in [0.717, 1.165) is 4.68 Å². The number of nitrogens with one attached hydrogen (secondary N) is 1. The minimum atomic E-state index is -3.35. The van der Waals surface area contributed by atoms with Gasteiger partial charge in [0.25, 0.3) is 0 Å². The number of nitrogens with zero attached hydrogens (tertiary/aromatic N) is 5. The first-order valence-electron chi connectivity index (χ1n) is 11.5. The predicted octanol–water partition coefficient (Wildman–Crippen LogP) is 3.47. The van der Waals surface area contributed by atoms with Crippen molar-refractivity contribution in [3.05, 3.63) is 31.0 Å². The number of rotatable bonds is 4. The lowest BCUT2D eigenvalue weighted by atomic mass is 9.96. The molecule has 0 amide bonds. The highest BCUT2D eigenvalue weighted by atomic mass is 15.3. The summed E-state index contributed by atoms with van der Waals surface area (Å²) in [5.74, 6) is -3.03. The zero-order valence-corrected chi connectivity index (χ0v) is 11.9. The Hall–Kier alpha value is -2.68. The molecule has 6 heteroatoms. The molecule has 1 saturated carbocycles. The summed E-state index contributed by atoms with van der Waals surface area (Å²) in [6, 6.07) is 1.88. The summed E-state index contributed by atoms with van der Waals surface area (Å²) >= 11 is 0. The summed E-state index contributed by atoms with van der Waals surface area (Å²) in [6.45, 7) is 0. The number of hydrogen-bond acceptors (Lipinski definition) is 4. The third-order valence-electron chi connectivity index (χ3n) is 3.62. The van der Waals surface area contributed by atoms with Crippen LogP contribution in [0.3, 0.4) is 0 Å². The molecular formula is C17H18N6. The standard InChI is InChI=1S/C17H18N6/c18-7-5-15(12-3-1-2-4-12)23-10-13(9-22-23)16-14-6-8-19-17(14)21-11-20-16/h6,8-12,15H,1-5H2,(H,19,20,21)/t15-/m1/s1/i1D2,2D2,3D2,4D2,12D. The van der Waals surface area contributed by atoms with E-state index < -0.39 is 43.8 Å². The van der Waals surface area contributed by atoms with Gasteiger partial charge in [-0.3, -0.25) is 4.68 Å². The summed E-state index contributed by atoms with van der Waals surface area (Å²) < 4.78 is 75.3. The topological polar surface area (TPSA) is 83.2 Å². The van der Waals surface area contributed by atoms with Crippen molar-refractivity contribution < 1.29 is 12.3 Å². The molecule has 23 heavy (non-hydrogen) atoms. The molecule has 1 aliphatic carbocycles. The van der Waals surface area contributed by atoms with Crippen LogP contribution in [0.25, 0.3) is 22.3 Å². The number of aromatic nitrogens is 5. The maximum Gasteiger partial charge on any atom is 0.141 e. The second-order valence-electron chi connectivity index (χ2n) is 4.96. The zero-order chi connectivity index (χ0) is 23.7. The Morgan fingerprint density at radius 1 is 1.48 bits per heavy atom. The van der Waals surface area contributed by atoms with E-state index in [0.29, 0.717) is 22.3 Å². The van der Waals surface area contributed by atoms with Crippen molar-refractivity contribution in [2.45, 2.75) is 38.0 Å². The summed E-state index contributed by atoms with van der Waals surface area (Å²) in [5.41, 5.74) is 1.44. The summed E-state index contributed by atoms with van der Waals surface area (Å²) in [7, 11) is 0. The van der Waals surface area contributed by atoms with Gasteiger partial charge in [0, 0.05) is 35.7 Å². The minimum absolute atomic E-state index is 0.425. The highest BCUT2D eigenvalue weighted by molar-refractivity contribution is 5.89. The molecule has 3 heterocycles. The van der Waals surface area contributed by atoms with Crippen LogP contribution in [0.5, 0.6) is 0 Å². The molecule has 0 bridgehead atoms. The van der Waals surface area contributed by atoms with Gasteiger partial charge in [-0.1, -0.05) is 12.7 Å². The zero-order valence-electron chi connectivity index (χ0n) is 20.9. The van der Waals surface area contributed by atoms with Crippen LogP contribution in [-0.2, 0) is 0 Å². The minimum Gasteiger partial charge on any atom is -0.346 e. The first kappa shape index (κ1) is 7.26. The van der Waals surface area contributed by atoms with Gasteiger partial charge >= 0.3 is 0 Å². The molecule has 1 atom stereocenters. The van der Waals surface area contributed by atoms with Gasteiger partial charge < -0.3 is 4.98 Å². The van der Waals surface area contributed by atoms with E-state index in [9.17, 15) is 5.26 Å². The van der Waals surface area contributed by atoms with Gasteiger partial charge in [0.15, 0.2) is 0 Å². The Bertz CT molecular complexity index is 1200. The average Bonchev–Trinajstić information content (AvgIpc) is 3.40. The van der Waals surface area contributed by atoms with E-state index in [1.165, 1.54) is 18.7 Å². The Morgan fingerprint density at radius 3 is 3.17 bits per heavy atom. The van der Waals surface area contributed by atoms with Crippen molar-refractivity contribution >= 4 is 11.0 Å². The number of aromatic amines is 1. The Morgan fingerprint density at radius 2 is 2.35 bits per heavy atom. The van der Waals surface area contributed by atoms with Crippen molar-refractivity contribution in [1.82, 2.24) is 24.7 Å². The van der Waals surface area contributed by atoms with Gasteiger partial charge in [-0.25, -0.2) is 9.97 Å². The quantitative estimate of drug-likeness (QED) is 0.799. The van der Waals surface area contributed by atoms with Crippen LogP contribution in [0.1, 0.15) is 50.3 Å². The van der Waals surface area contributed by atoms with Crippen molar-refractivity contribution in [2.75, 3.05) is 0 Å². The van der Waals surface area contributed by atoms with Crippen LogP contribution in [-0.4, -0.2) is 24.7 Å². The first-order valence-corrected chi connectivity index (χ1v) is 6.95. The Balaban J connectivity index is 1.89. The number of hydrogen-bond donors (Lipinski definition) is 1. The number of H-pyrrole nitrogens is 1. The van der Waals surface area contributed by atoms with E-state index >= 15 is 0 Å². The SMILES string of the molecule is [2H]C1([2H])C([2H])([2H])C([2H])([2H])C([2H])([C@@H](CC#N)n2cc(-c3ncnc4[nH]ccc34)cn2)C1([2H])[2H]. The van der Waals surface area contributed by atoms with Gasteiger partial charge in [0.2, 0.25) is 0 Å². The van der Waals surface area contributed by atoms with E-state index in [-0.39, 0.29) is 0 Å². The molecule has 0 radical (unpaired) electrons. The molecule has 1 N–H and O–H groups in total. The van der Waals surface area contributed by atoms with Crippen molar-refractivity contribution in [2.24, 2.45) is 5.89 Å². The summed E-state index contributed by atoms with van der Waals surface area (Å²) in [4.78, 5) is 11.3. The van der Waals surface area contributed by atoms with Crippen molar-refractivity contribution in [3.8, 4) is 17.3 Å². The fourth-order valence-corrected chi connectivity index (χ4v) is 2.54. The second kappa shape index (κ2) is 5.84. The van der Waals surface area contributed by atoms with Gasteiger partial charge in [0.05, 0.1) is 30.4 Å². The maximum absolute atomic E-state index is 9.38. The molecule has 116 valence electrons. The average molecular weight is 315 g/mol. The molecule has 0 aromatic carbocycles. The first-order chi connectivity index (χ1) is 14.8. The molecule has 3 aromatic rings. The van der Waals surface area contributed by atoms with E-state index in [1.807, 2.05) is 0 Å². The lowest BCUT2D eigenvalue weighted by Crippen LogP contribution is -2.17. The highest BCUT2D eigenvalue weighted by Gasteiger charge is 2.27. The lowest BCUT2D eigenvalue weighted by Gasteiger charge is -2.21. The van der Waals surface area contributed by atoms with E-state index in [2.05, 4.69) is 20.1 Å². The van der Waals surface area contributed by atoms with Crippen molar-refractivity contribution in [3.63, 3.8) is 0 Å². The van der Waals surface area contributed by atoms with Crippen LogP contribution in [0.2, 0.25) is 0 Å². The second-order valence-corrected chi connectivity index (χ2v) is 4.96. The van der Waals surface area contributed by atoms with Gasteiger partial charge in [-0.2, -0.15) is 10.4 Å². The van der Waals surface area contributed by atoms with Crippen LogP contribution in [0.15, 0.2) is 31.0 Å². The van der Waals surface area contributed by atoms with Crippen LogP contribution in [0.4, 0.5) is 0 Å². The maximum atomic E-state index is 9.38. The summed E-state index contributed by atoms with van der Waals surface area (Å²) in [5, 5.41) is 14.2. The monoisotopic (exact) mass is 315 g/mol. The highest BCUT2D eigenvalue weighted by Crippen LogP contribution is 2.36. The normalized spacial score (nSPS) is 32.6. The van der Waals surface area contributed by atoms with E-state index in [1.54, 1.807) is 18.3 Å². The lowest BCUT2D eigenvalue weighted by molar-refractivity contribution is 0.315.